The van der Waals surface area contributed by atoms with Gasteiger partial charge in [-0.25, -0.2) is 12.7 Å². The summed E-state index contributed by atoms with van der Waals surface area (Å²) in [6, 6.07) is 0.253. The first kappa shape index (κ1) is 15.9. The maximum Gasteiger partial charge on any atom is 0.211 e. The molecule has 0 radical (unpaired) electrons. The third-order valence-electron chi connectivity index (χ3n) is 3.82. The van der Waals surface area contributed by atoms with Crippen molar-refractivity contribution in [2.24, 2.45) is 11.8 Å². The fraction of sp³-hybridized carbons (Fsp3) is 1.00. The van der Waals surface area contributed by atoms with Gasteiger partial charge in [-0.3, -0.25) is 0 Å². The van der Waals surface area contributed by atoms with E-state index in [0.717, 1.165) is 19.4 Å². The largest absolute Gasteiger partial charge is 0.396 e. The van der Waals surface area contributed by atoms with Gasteiger partial charge in [0.05, 0.1) is 6.26 Å². The monoisotopic (exact) mass is 278 g/mol. The van der Waals surface area contributed by atoms with E-state index in [0.29, 0.717) is 19.0 Å². The van der Waals surface area contributed by atoms with E-state index in [2.05, 4.69) is 12.2 Å². The van der Waals surface area contributed by atoms with Gasteiger partial charge in [-0.1, -0.05) is 6.92 Å². The third-order valence-corrected chi connectivity index (χ3v) is 5.09. The summed E-state index contributed by atoms with van der Waals surface area (Å²) in [6.45, 7) is 6.31. The molecule has 3 atom stereocenters. The van der Waals surface area contributed by atoms with Gasteiger partial charge in [-0.2, -0.15) is 0 Å². The highest BCUT2D eigenvalue weighted by Crippen LogP contribution is 2.18. The fourth-order valence-electron chi connectivity index (χ4n) is 2.21. The molecule has 0 bridgehead atoms. The minimum Gasteiger partial charge on any atom is -0.396 e. The summed E-state index contributed by atoms with van der Waals surface area (Å²) in [5.74, 6) is 0.599. The number of aliphatic hydroxyl groups is 1. The summed E-state index contributed by atoms with van der Waals surface area (Å²) in [5, 5.41) is 12.5. The Hall–Kier alpha value is -0.170. The molecule has 5 nitrogen and oxygen atoms in total. The Labute approximate surface area is 111 Å². The highest BCUT2D eigenvalue weighted by molar-refractivity contribution is 7.88. The van der Waals surface area contributed by atoms with Crippen molar-refractivity contribution in [1.29, 1.82) is 0 Å². The van der Waals surface area contributed by atoms with Crippen LogP contribution in [0.4, 0.5) is 0 Å². The van der Waals surface area contributed by atoms with E-state index in [4.69, 9.17) is 5.11 Å². The summed E-state index contributed by atoms with van der Waals surface area (Å²) in [4.78, 5) is 0. The predicted octanol–water partition coefficient (Wildman–Crippen LogP) is 0.265. The maximum atomic E-state index is 11.5. The van der Waals surface area contributed by atoms with Crippen LogP contribution in [-0.4, -0.2) is 56.4 Å². The van der Waals surface area contributed by atoms with E-state index in [1.54, 1.807) is 4.31 Å². The maximum absolute atomic E-state index is 11.5. The lowest BCUT2D eigenvalue weighted by Gasteiger charge is -2.32. The van der Waals surface area contributed by atoms with Crippen LogP contribution in [0.15, 0.2) is 0 Å². The summed E-state index contributed by atoms with van der Waals surface area (Å²) >= 11 is 0. The van der Waals surface area contributed by atoms with Crippen LogP contribution in [0.25, 0.3) is 0 Å². The van der Waals surface area contributed by atoms with Gasteiger partial charge in [0, 0.05) is 25.7 Å². The highest BCUT2D eigenvalue weighted by Gasteiger charge is 2.26. The lowest BCUT2D eigenvalue weighted by molar-refractivity contribution is 0.196. The number of rotatable bonds is 6. The van der Waals surface area contributed by atoms with E-state index >= 15 is 0 Å². The number of nitrogens with one attached hydrogen (secondary N) is 1. The van der Waals surface area contributed by atoms with Gasteiger partial charge in [0.25, 0.3) is 0 Å². The van der Waals surface area contributed by atoms with Crippen molar-refractivity contribution in [1.82, 2.24) is 9.62 Å². The average molecular weight is 278 g/mol. The Morgan fingerprint density at radius 3 is 2.67 bits per heavy atom. The van der Waals surface area contributed by atoms with Gasteiger partial charge in [0.1, 0.15) is 0 Å². The van der Waals surface area contributed by atoms with E-state index in [-0.39, 0.29) is 18.6 Å². The van der Waals surface area contributed by atoms with Crippen LogP contribution in [0.3, 0.4) is 0 Å². The standard InChI is InChI=1S/C12H26N2O3S/c1-10(9-15)11(2)13-7-12-5-4-6-14(8-12)18(3,16)17/h10-13,15H,4-9H2,1-3H3. The molecule has 6 heteroatoms. The highest BCUT2D eigenvalue weighted by atomic mass is 32.2. The van der Waals surface area contributed by atoms with Crippen LogP contribution in [0.5, 0.6) is 0 Å². The molecule has 0 amide bonds. The number of hydrogen-bond acceptors (Lipinski definition) is 4. The molecule has 0 spiro atoms. The van der Waals surface area contributed by atoms with Crippen LogP contribution in [-0.2, 0) is 10.0 Å². The molecule has 0 aromatic heterocycles. The van der Waals surface area contributed by atoms with Crippen molar-refractivity contribution in [3.8, 4) is 0 Å². The molecule has 1 fully saturated rings. The van der Waals surface area contributed by atoms with E-state index in [9.17, 15) is 8.42 Å². The van der Waals surface area contributed by atoms with E-state index < -0.39 is 10.0 Å². The minimum absolute atomic E-state index is 0.175. The molecule has 1 heterocycles. The lowest BCUT2D eigenvalue weighted by Crippen LogP contribution is -2.44. The van der Waals surface area contributed by atoms with Gasteiger partial charge in [0.15, 0.2) is 0 Å². The van der Waals surface area contributed by atoms with Gasteiger partial charge in [-0.15, -0.1) is 0 Å². The second kappa shape index (κ2) is 6.84. The molecule has 0 aromatic rings. The van der Waals surface area contributed by atoms with Crippen LogP contribution in [0.1, 0.15) is 26.7 Å². The second-order valence-corrected chi connectivity index (χ2v) is 7.47. The lowest BCUT2D eigenvalue weighted by atomic mass is 9.98. The molecule has 0 saturated carbocycles. The summed E-state index contributed by atoms with van der Waals surface area (Å²) in [5.41, 5.74) is 0. The molecular weight excluding hydrogens is 252 g/mol. The predicted molar refractivity (Wildman–Crippen MR) is 72.9 cm³/mol. The van der Waals surface area contributed by atoms with E-state index in [1.807, 2.05) is 6.92 Å². The molecule has 1 aliphatic rings. The first-order valence-corrected chi connectivity index (χ1v) is 8.48. The molecule has 1 rings (SSSR count). The number of sulfonamides is 1. The Kier molecular flexibility index (Phi) is 6.04. The van der Waals surface area contributed by atoms with Crippen molar-refractivity contribution >= 4 is 10.0 Å². The zero-order chi connectivity index (χ0) is 13.8. The molecule has 1 aliphatic heterocycles. The molecule has 18 heavy (non-hydrogen) atoms. The van der Waals surface area contributed by atoms with Crippen molar-refractivity contribution in [3.63, 3.8) is 0 Å². The van der Waals surface area contributed by atoms with Gasteiger partial charge in [-0.05, 0) is 38.1 Å². The Bertz CT molecular complexity index is 345. The number of piperidine rings is 1. The van der Waals surface area contributed by atoms with Gasteiger partial charge in [0.2, 0.25) is 10.0 Å². The minimum atomic E-state index is -3.05. The molecule has 0 aliphatic carbocycles. The average Bonchev–Trinajstić information content (AvgIpc) is 2.34. The SMILES string of the molecule is CC(CO)C(C)NCC1CCCN(S(C)(=O)=O)C1. The summed E-state index contributed by atoms with van der Waals surface area (Å²) in [6.07, 6.45) is 3.28. The molecule has 1 saturated heterocycles. The first-order chi connectivity index (χ1) is 8.34. The quantitative estimate of drug-likeness (QED) is 0.731. The zero-order valence-corrected chi connectivity index (χ0v) is 12.4. The first-order valence-electron chi connectivity index (χ1n) is 6.64. The van der Waals surface area contributed by atoms with Crippen molar-refractivity contribution in [3.05, 3.63) is 0 Å². The van der Waals surface area contributed by atoms with Crippen LogP contribution < -0.4 is 5.32 Å². The van der Waals surface area contributed by atoms with E-state index in [1.165, 1.54) is 6.26 Å². The Morgan fingerprint density at radius 2 is 2.11 bits per heavy atom. The zero-order valence-electron chi connectivity index (χ0n) is 11.6. The molecule has 108 valence electrons. The smallest absolute Gasteiger partial charge is 0.211 e. The molecule has 0 aromatic carbocycles. The van der Waals surface area contributed by atoms with Crippen LogP contribution in [0.2, 0.25) is 0 Å². The summed E-state index contributed by atoms with van der Waals surface area (Å²) in [7, 11) is -3.05. The number of nitrogens with zero attached hydrogens (tertiary/aromatic N) is 1. The van der Waals surface area contributed by atoms with Crippen molar-refractivity contribution in [2.45, 2.75) is 32.7 Å². The Balaban J connectivity index is 2.39. The Morgan fingerprint density at radius 1 is 1.44 bits per heavy atom. The normalized spacial score (nSPS) is 25.9. The summed E-state index contributed by atoms with van der Waals surface area (Å²) < 4.78 is 24.6. The molecule has 3 unspecified atom stereocenters. The second-order valence-electron chi connectivity index (χ2n) is 5.49. The van der Waals surface area contributed by atoms with Crippen LogP contribution in [0, 0.1) is 11.8 Å². The number of hydrogen-bond donors (Lipinski definition) is 2. The van der Waals surface area contributed by atoms with Crippen LogP contribution >= 0.6 is 0 Å². The fourth-order valence-corrected chi connectivity index (χ4v) is 3.15. The molecular formula is C12H26N2O3S. The van der Waals surface area contributed by atoms with Crippen molar-refractivity contribution < 1.29 is 13.5 Å². The van der Waals surface area contributed by atoms with Gasteiger partial charge >= 0.3 is 0 Å². The molecule has 2 N–H and O–H groups in total. The topological polar surface area (TPSA) is 69.6 Å². The van der Waals surface area contributed by atoms with Gasteiger partial charge < -0.3 is 10.4 Å². The number of aliphatic hydroxyl groups excluding tert-OH is 1. The third kappa shape index (κ3) is 4.84. The van der Waals surface area contributed by atoms with Crippen molar-refractivity contribution in [2.75, 3.05) is 32.5 Å².